The molecule has 1 aromatic heterocycles. The number of imidazole rings is 1. The van der Waals surface area contributed by atoms with Crippen LogP contribution in [0, 0.1) is 0 Å². The second-order valence-corrected chi connectivity index (χ2v) is 9.70. The SMILES string of the molecule is CCCCn1c(CCC(=O)NC(CC)CC)nc2cc(S(=O)(=O)N(C)C)ccc21. The Hall–Kier alpha value is -1.93. The molecule has 2 aromatic rings. The summed E-state index contributed by atoms with van der Waals surface area (Å²) < 4.78 is 28.2. The number of carbonyl (C=O) groups excluding carboxylic acids is 1. The quantitative estimate of drug-likeness (QED) is 0.602. The van der Waals surface area contributed by atoms with Crippen LogP contribution in [0.15, 0.2) is 23.1 Å². The monoisotopic (exact) mass is 422 g/mol. The lowest BCUT2D eigenvalue weighted by Crippen LogP contribution is -2.34. The van der Waals surface area contributed by atoms with Crippen molar-refractivity contribution in [1.82, 2.24) is 19.2 Å². The lowest BCUT2D eigenvalue weighted by Gasteiger charge is -2.15. The van der Waals surface area contributed by atoms with Crippen molar-refractivity contribution >= 4 is 27.0 Å². The lowest BCUT2D eigenvalue weighted by molar-refractivity contribution is -0.121. The summed E-state index contributed by atoms with van der Waals surface area (Å²) in [4.78, 5) is 17.2. The average Bonchev–Trinajstić information content (AvgIpc) is 3.05. The van der Waals surface area contributed by atoms with Gasteiger partial charge < -0.3 is 9.88 Å². The van der Waals surface area contributed by atoms with E-state index in [1.165, 1.54) is 18.4 Å². The van der Waals surface area contributed by atoms with Gasteiger partial charge >= 0.3 is 0 Å². The fourth-order valence-electron chi connectivity index (χ4n) is 3.31. The first-order valence-electron chi connectivity index (χ1n) is 10.5. The van der Waals surface area contributed by atoms with Crippen molar-refractivity contribution in [2.75, 3.05) is 14.1 Å². The van der Waals surface area contributed by atoms with Crippen LogP contribution in [0.5, 0.6) is 0 Å². The molecule has 29 heavy (non-hydrogen) atoms. The minimum atomic E-state index is -3.51. The smallest absolute Gasteiger partial charge is 0.242 e. The van der Waals surface area contributed by atoms with Gasteiger partial charge in [-0.3, -0.25) is 4.79 Å². The van der Waals surface area contributed by atoms with E-state index >= 15 is 0 Å². The third-order valence-electron chi connectivity index (χ3n) is 5.24. The molecule has 1 aromatic carbocycles. The predicted octanol–water partition coefficient (Wildman–Crippen LogP) is 3.32. The summed E-state index contributed by atoms with van der Waals surface area (Å²) in [6, 6.07) is 5.29. The van der Waals surface area contributed by atoms with Gasteiger partial charge in [-0.05, 0) is 37.5 Å². The van der Waals surface area contributed by atoms with E-state index in [-0.39, 0.29) is 16.8 Å². The highest BCUT2D eigenvalue weighted by Crippen LogP contribution is 2.23. The molecule has 0 spiro atoms. The normalized spacial score (nSPS) is 12.2. The van der Waals surface area contributed by atoms with E-state index in [0.29, 0.717) is 18.4 Å². The third-order valence-corrected chi connectivity index (χ3v) is 7.05. The number of hydrogen-bond acceptors (Lipinski definition) is 4. The molecule has 7 nitrogen and oxygen atoms in total. The highest BCUT2D eigenvalue weighted by molar-refractivity contribution is 7.89. The molecule has 0 aliphatic rings. The fourth-order valence-corrected chi connectivity index (χ4v) is 4.23. The van der Waals surface area contributed by atoms with Crippen molar-refractivity contribution in [3.8, 4) is 0 Å². The van der Waals surface area contributed by atoms with E-state index in [1.54, 1.807) is 12.1 Å². The zero-order valence-corrected chi connectivity index (χ0v) is 19.1. The highest BCUT2D eigenvalue weighted by Gasteiger charge is 2.20. The van der Waals surface area contributed by atoms with Crippen molar-refractivity contribution in [2.24, 2.45) is 0 Å². The van der Waals surface area contributed by atoms with Gasteiger partial charge in [0.25, 0.3) is 0 Å². The Kier molecular flexibility index (Phi) is 8.22. The van der Waals surface area contributed by atoms with Crippen LogP contribution in [0.2, 0.25) is 0 Å². The topological polar surface area (TPSA) is 84.3 Å². The molecule has 8 heteroatoms. The summed E-state index contributed by atoms with van der Waals surface area (Å²) in [5.41, 5.74) is 1.56. The summed E-state index contributed by atoms with van der Waals surface area (Å²) >= 11 is 0. The average molecular weight is 423 g/mol. The Labute approximate surface area is 174 Å². The molecule has 0 fully saturated rings. The van der Waals surface area contributed by atoms with Crippen LogP contribution in [0.3, 0.4) is 0 Å². The van der Waals surface area contributed by atoms with E-state index in [2.05, 4.69) is 30.7 Å². The first-order chi connectivity index (χ1) is 13.7. The lowest BCUT2D eigenvalue weighted by atomic mass is 10.1. The van der Waals surface area contributed by atoms with Crippen LogP contribution < -0.4 is 5.32 Å². The van der Waals surface area contributed by atoms with Gasteiger partial charge in [0.15, 0.2) is 0 Å². The molecule has 0 aliphatic carbocycles. The molecule has 0 bridgehead atoms. The zero-order chi connectivity index (χ0) is 21.6. The molecule has 162 valence electrons. The number of fused-ring (bicyclic) bond motifs is 1. The van der Waals surface area contributed by atoms with E-state index in [4.69, 9.17) is 4.98 Å². The van der Waals surface area contributed by atoms with Crippen LogP contribution in [-0.4, -0.2) is 48.3 Å². The standard InChI is InChI=1S/C21H34N4O3S/c1-6-9-14-25-19-11-10-17(29(27,28)24(4)5)15-18(19)23-20(25)12-13-21(26)22-16(7-2)8-3/h10-11,15-16H,6-9,12-14H2,1-5H3,(H,22,26). The molecule has 0 atom stereocenters. The number of nitrogens with one attached hydrogen (secondary N) is 1. The molecular weight excluding hydrogens is 388 g/mol. The van der Waals surface area contributed by atoms with E-state index < -0.39 is 10.0 Å². The summed E-state index contributed by atoms with van der Waals surface area (Å²) in [6.07, 6.45) is 4.77. The Morgan fingerprint density at radius 1 is 1.21 bits per heavy atom. The maximum absolute atomic E-state index is 12.5. The van der Waals surface area contributed by atoms with E-state index in [1.807, 2.05) is 6.07 Å². The molecule has 1 amide bonds. The first kappa shape index (κ1) is 23.3. The summed E-state index contributed by atoms with van der Waals surface area (Å²) in [7, 11) is -0.480. The molecule has 0 saturated carbocycles. The molecule has 0 aliphatic heterocycles. The van der Waals surface area contributed by atoms with Crippen LogP contribution in [0.1, 0.15) is 58.7 Å². The number of rotatable bonds is 11. The maximum Gasteiger partial charge on any atom is 0.242 e. The fraction of sp³-hybridized carbons (Fsp3) is 0.619. The van der Waals surface area contributed by atoms with Crippen molar-refractivity contribution in [3.63, 3.8) is 0 Å². The minimum absolute atomic E-state index is 0.0312. The zero-order valence-electron chi connectivity index (χ0n) is 18.2. The van der Waals surface area contributed by atoms with Gasteiger partial charge in [-0.25, -0.2) is 17.7 Å². The number of carbonyl (C=O) groups is 1. The van der Waals surface area contributed by atoms with E-state index in [9.17, 15) is 13.2 Å². The molecule has 1 N–H and O–H groups in total. The van der Waals surface area contributed by atoms with E-state index in [0.717, 1.165) is 43.6 Å². The van der Waals surface area contributed by atoms with Gasteiger partial charge in [-0.15, -0.1) is 0 Å². The van der Waals surface area contributed by atoms with Crippen LogP contribution in [0.4, 0.5) is 0 Å². The second-order valence-electron chi connectivity index (χ2n) is 7.55. The van der Waals surface area contributed by atoms with Crippen molar-refractivity contribution in [3.05, 3.63) is 24.0 Å². The van der Waals surface area contributed by atoms with Gasteiger partial charge in [0.1, 0.15) is 5.82 Å². The second kappa shape index (κ2) is 10.2. The van der Waals surface area contributed by atoms with Crippen LogP contribution in [0.25, 0.3) is 11.0 Å². The number of sulfonamides is 1. The number of nitrogens with zero attached hydrogens (tertiary/aromatic N) is 3. The molecule has 1 heterocycles. The summed E-state index contributed by atoms with van der Waals surface area (Å²) in [6.45, 7) is 7.07. The molecular formula is C21H34N4O3S. The highest BCUT2D eigenvalue weighted by atomic mass is 32.2. The Morgan fingerprint density at radius 3 is 2.48 bits per heavy atom. The van der Waals surface area contributed by atoms with Crippen molar-refractivity contribution in [2.45, 2.75) is 76.8 Å². The molecule has 0 unspecified atom stereocenters. The largest absolute Gasteiger partial charge is 0.353 e. The summed E-state index contributed by atoms with van der Waals surface area (Å²) in [5.74, 6) is 0.858. The summed E-state index contributed by atoms with van der Waals surface area (Å²) in [5, 5.41) is 3.06. The van der Waals surface area contributed by atoms with Crippen molar-refractivity contribution < 1.29 is 13.2 Å². The van der Waals surface area contributed by atoms with Gasteiger partial charge in [-0.1, -0.05) is 27.2 Å². The molecule has 0 radical (unpaired) electrons. The molecule has 0 saturated heterocycles. The van der Waals surface area contributed by atoms with Gasteiger partial charge in [0.2, 0.25) is 15.9 Å². The van der Waals surface area contributed by atoms with Crippen LogP contribution in [-0.2, 0) is 27.8 Å². The predicted molar refractivity (Wildman–Crippen MR) is 116 cm³/mol. The van der Waals surface area contributed by atoms with Gasteiger partial charge in [0.05, 0.1) is 15.9 Å². The van der Waals surface area contributed by atoms with Crippen LogP contribution >= 0.6 is 0 Å². The number of unbranched alkanes of at least 4 members (excludes halogenated alkanes) is 1. The van der Waals surface area contributed by atoms with Crippen molar-refractivity contribution in [1.29, 1.82) is 0 Å². The Balaban J connectivity index is 2.31. The first-order valence-corrected chi connectivity index (χ1v) is 11.9. The maximum atomic E-state index is 12.5. The Morgan fingerprint density at radius 2 is 1.90 bits per heavy atom. The third kappa shape index (κ3) is 5.57. The number of aromatic nitrogens is 2. The molecule has 2 rings (SSSR count). The number of amides is 1. The number of hydrogen-bond donors (Lipinski definition) is 1. The van der Waals surface area contributed by atoms with Gasteiger partial charge in [0, 0.05) is 39.5 Å². The number of aryl methyl sites for hydroxylation is 2. The van der Waals surface area contributed by atoms with Gasteiger partial charge in [-0.2, -0.15) is 0 Å². The Bertz CT molecular complexity index is 931. The minimum Gasteiger partial charge on any atom is -0.353 e. The number of benzene rings is 1.